The van der Waals surface area contributed by atoms with Crippen LogP contribution >= 0.6 is 0 Å². The Kier molecular flexibility index (Phi) is 3.36. The van der Waals surface area contributed by atoms with E-state index in [0.29, 0.717) is 5.56 Å². The number of nitrogens with zero attached hydrogens (tertiary/aromatic N) is 1. The Labute approximate surface area is 129 Å². The summed E-state index contributed by atoms with van der Waals surface area (Å²) in [7, 11) is 0. The SMILES string of the molecule is Cc1cc(C(=O)OC(C)(C)C)c2cc3ccccc3nc2c1. The summed E-state index contributed by atoms with van der Waals surface area (Å²) in [5.74, 6) is -0.307. The summed E-state index contributed by atoms with van der Waals surface area (Å²) in [6, 6.07) is 13.8. The van der Waals surface area contributed by atoms with Gasteiger partial charge in [0.25, 0.3) is 0 Å². The van der Waals surface area contributed by atoms with Crippen molar-refractivity contribution in [3.63, 3.8) is 0 Å². The minimum absolute atomic E-state index is 0.307. The highest BCUT2D eigenvalue weighted by molar-refractivity contribution is 6.07. The van der Waals surface area contributed by atoms with Crippen molar-refractivity contribution in [3.05, 3.63) is 53.6 Å². The van der Waals surface area contributed by atoms with Crippen LogP contribution in [-0.4, -0.2) is 16.6 Å². The Hall–Kier alpha value is -2.42. The van der Waals surface area contributed by atoms with Crippen LogP contribution in [0, 0.1) is 6.92 Å². The van der Waals surface area contributed by atoms with Crippen LogP contribution in [0.5, 0.6) is 0 Å². The van der Waals surface area contributed by atoms with Gasteiger partial charge >= 0.3 is 5.97 Å². The number of fused-ring (bicyclic) bond motifs is 2. The Morgan fingerprint density at radius 1 is 1.05 bits per heavy atom. The Bertz CT molecular complexity index is 876. The molecule has 0 fully saturated rings. The molecule has 112 valence electrons. The number of aryl methyl sites for hydroxylation is 1. The van der Waals surface area contributed by atoms with E-state index in [0.717, 1.165) is 27.4 Å². The molecule has 0 aliphatic rings. The average molecular weight is 293 g/mol. The smallest absolute Gasteiger partial charge is 0.339 e. The summed E-state index contributed by atoms with van der Waals surface area (Å²) in [6.07, 6.45) is 0. The minimum Gasteiger partial charge on any atom is -0.456 e. The highest BCUT2D eigenvalue weighted by atomic mass is 16.6. The number of esters is 1. The number of rotatable bonds is 1. The third-order valence-electron chi connectivity index (χ3n) is 3.40. The predicted octanol–water partition coefficient (Wildman–Crippen LogP) is 4.65. The largest absolute Gasteiger partial charge is 0.456 e. The van der Waals surface area contributed by atoms with E-state index in [1.165, 1.54) is 0 Å². The van der Waals surface area contributed by atoms with Crippen molar-refractivity contribution in [2.24, 2.45) is 0 Å². The fourth-order valence-electron chi connectivity index (χ4n) is 2.52. The van der Waals surface area contributed by atoms with Crippen molar-refractivity contribution in [1.29, 1.82) is 0 Å². The highest BCUT2D eigenvalue weighted by Crippen LogP contribution is 2.26. The molecule has 1 heterocycles. The molecule has 2 aromatic carbocycles. The molecule has 0 bridgehead atoms. The zero-order chi connectivity index (χ0) is 15.9. The lowest BCUT2D eigenvalue weighted by Crippen LogP contribution is -2.24. The van der Waals surface area contributed by atoms with Gasteiger partial charge in [-0.1, -0.05) is 18.2 Å². The van der Waals surface area contributed by atoms with Gasteiger partial charge < -0.3 is 4.74 Å². The number of carbonyl (C=O) groups excluding carboxylic acids is 1. The van der Waals surface area contributed by atoms with Gasteiger partial charge in [-0.15, -0.1) is 0 Å². The molecule has 1 aromatic heterocycles. The van der Waals surface area contributed by atoms with Crippen LogP contribution in [0.15, 0.2) is 42.5 Å². The summed E-state index contributed by atoms with van der Waals surface area (Å²) in [5.41, 5.74) is 2.80. The molecule has 0 spiro atoms. The van der Waals surface area contributed by atoms with E-state index >= 15 is 0 Å². The van der Waals surface area contributed by atoms with Crippen molar-refractivity contribution < 1.29 is 9.53 Å². The molecule has 0 unspecified atom stereocenters. The van der Waals surface area contributed by atoms with Crippen molar-refractivity contribution in [2.45, 2.75) is 33.3 Å². The van der Waals surface area contributed by atoms with E-state index in [-0.39, 0.29) is 5.97 Å². The number of para-hydroxylation sites is 1. The fourth-order valence-corrected chi connectivity index (χ4v) is 2.52. The first kappa shape index (κ1) is 14.5. The first-order valence-electron chi connectivity index (χ1n) is 7.37. The molecule has 0 amide bonds. The van der Waals surface area contributed by atoms with E-state index in [4.69, 9.17) is 4.74 Å². The van der Waals surface area contributed by atoms with Crippen molar-refractivity contribution >= 4 is 27.8 Å². The normalized spacial score (nSPS) is 11.8. The van der Waals surface area contributed by atoms with Gasteiger partial charge in [0, 0.05) is 10.8 Å². The van der Waals surface area contributed by atoms with Crippen LogP contribution in [0.25, 0.3) is 21.8 Å². The number of hydrogen-bond donors (Lipinski definition) is 0. The van der Waals surface area contributed by atoms with Crippen LogP contribution in [0.1, 0.15) is 36.7 Å². The zero-order valence-electron chi connectivity index (χ0n) is 13.3. The number of hydrogen-bond acceptors (Lipinski definition) is 3. The molecule has 0 atom stereocenters. The van der Waals surface area contributed by atoms with E-state index in [1.54, 1.807) is 0 Å². The van der Waals surface area contributed by atoms with Gasteiger partial charge in [0.2, 0.25) is 0 Å². The topological polar surface area (TPSA) is 39.2 Å². The first-order chi connectivity index (χ1) is 10.3. The zero-order valence-corrected chi connectivity index (χ0v) is 13.3. The molecule has 3 heteroatoms. The molecule has 0 radical (unpaired) electrons. The molecular weight excluding hydrogens is 274 g/mol. The predicted molar refractivity (Wildman–Crippen MR) is 89.2 cm³/mol. The third kappa shape index (κ3) is 2.80. The van der Waals surface area contributed by atoms with Gasteiger partial charge in [0.05, 0.1) is 16.6 Å². The Balaban J connectivity index is 2.24. The first-order valence-corrected chi connectivity index (χ1v) is 7.37. The molecule has 0 saturated heterocycles. The number of benzene rings is 2. The molecule has 0 N–H and O–H groups in total. The summed E-state index contributed by atoms with van der Waals surface area (Å²) < 4.78 is 5.53. The summed E-state index contributed by atoms with van der Waals surface area (Å²) in [4.78, 5) is 17.2. The van der Waals surface area contributed by atoms with Gasteiger partial charge in [-0.3, -0.25) is 0 Å². The van der Waals surface area contributed by atoms with Crippen LogP contribution in [0.4, 0.5) is 0 Å². The average Bonchev–Trinajstić information content (AvgIpc) is 2.42. The number of pyridine rings is 1. The van der Waals surface area contributed by atoms with E-state index < -0.39 is 5.60 Å². The maximum absolute atomic E-state index is 12.5. The second-order valence-corrected chi connectivity index (χ2v) is 6.56. The van der Waals surface area contributed by atoms with Crippen LogP contribution in [-0.2, 0) is 4.74 Å². The second kappa shape index (κ2) is 5.09. The lowest BCUT2D eigenvalue weighted by Gasteiger charge is -2.20. The number of carbonyl (C=O) groups is 1. The second-order valence-electron chi connectivity index (χ2n) is 6.56. The maximum Gasteiger partial charge on any atom is 0.339 e. The molecule has 0 saturated carbocycles. The molecular formula is C19H19NO2. The fraction of sp³-hybridized carbons (Fsp3) is 0.263. The standard InChI is InChI=1S/C19H19NO2/c1-12-9-15(18(21)22-19(2,3)4)14-11-13-7-5-6-8-16(13)20-17(14)10-12/h5-11H,1-4H3. The van der Waals surface area contributed by atoms with Gasteiger partial charge in [-0.2, -0.15) is 0 Å². The summed E-state index contributed by atoms with van der Waals surface area (Å²) in [5, 5.41) is 1.85. The van der Waals surface area contributed by atoms with Gasteiger partial charge in [0.15, 0.2) is 0 Å². The van der Waals surface area contributed by atoms with E-state index in [1.807, 2.05) is 70.2 Å². The monoisotopic (exact) mass is 293 g/mol. The van der Waals surface area contributed by atoms with Crippen molar-refractivity contribution in [2.75, 3.05) is 0 Å². The Morgan fingerprint density at radius 3 is 2.50 bits per heavy atom. The van der Waals surface area contributed by atoms with Gasteiger partial charge in [0.1, 0.15) is 5.60 Å². The van der Waals surface area contributed by atoms with Crippen LogP contribution < -0.4 is 0 Å². The van der Waals surface area contributed by atoms with Crippen LogP contribution in [0.3, 0.4) is 0 Å². The van der Waals surface area contributed by atoms with E-state index in [2.05, 4.69) is 4.98 Å². The number of ether oxygens (including phenoxy) is 1. The van der Waals surface area contributed by atoms with Gasteiger partial charge in [-0.05, 0) is 57.5 Å². The summed E-state index contributed by atoms with van der Waals surface area (Å²) in [6.45, 7) is 7.58. The molecule has 0 aliphatic heterocycles. The molecule has 0 aliphatic carbocycles. The van der Waals surface area contributed by atoms with Crippen molar-refractivity contribution in [3.8, 4) is 0 Å². The molecule has 3 nitrogen and oxygen atoms in total. The molecule has 3 rings (SSSR count). The molecule has 22 heavy (non-hydrogen) atoms. The Morgan fingerprint density at radius 2 is 1.77 bits per heavy atom. The summed E-state index contributed by atoms with van der Waals surface area (Å²) >= 11 is 0. The minimum atomic E-state index is -0.516. The van der Waals surface area contributed by atoms with Crippen molar-refractivity contribution in [1.82, 2.24) is 4.98 Å². The third-order valence-corrected chi connectivity index (χ3v) is 3.40. The lowest BCUT2D eigenvalue weighted by molar-refractivity contribution is 0.00717. The maximum atomic E-state index is 12.5. The molecule has 3 aromatic rings. The highest BCUT2D eigenvalue weighted by Gasteiger charge is 2.20. The number of aromatic nitrogens is 1. The van der Waals surface area contributed by atoms with Crippen LogP contribution in [0.2, 0.25) is 0 Å². The quantitative estimate of drug-likeness (QED) is 0.484. The van der Waals surface area contributed by atoms with E-state index in [9.17, 15) is 4.79 Å². The van der Waals surface area contributed by atoms with Gasteiger partial charge in [-0.25, -0.2) is 9.78 Å². The lowest BCUT2D eigenvalue weighted by atomic mass is 10.0.